The summed E-state index contributed by atoms with van der Waals surface area (Å²) in [6, 6.07) is 15.9. The maximum atomic E-state index is 12.8. The fourth-order valence-corrected chi connectivity index (χ4v) is 5.26. The number of pyridine rings is 1. The van der Waals surface area contributed by atoms with Gasteiger partial charge in [-0.2, -0.15) is 0 Å². The molecule has 31 heavy (non-hydrogen) atoms. The van der Waals surface area contributed by atoms with Crippen LogP contribution in [-0.4, -0.2) is 53.9 Å². The van der Waals surface area contributed by atoms with Gasteiger partial charge in [-0.1, -0.05) is 18.2 Å². The van der Waals surface area contributed by atoms with Crippen LogP contribution in [0.3, 0.4) is 0 Å². The lowest BCUT2D eigenvalue weighted by molar-refractivity contribution is -0.0461. The summed E-state index contributed by atoms with van der Waals surface area (Å²) in [5.41, 5.74) is 8.91. The molecule has 0 amide bonds. The average molecular weight is 439 g/mol. The Labute approximate surface area is 184 Å². The number of nitrogens with two attached hydrogens (primary N) is 1. The molecule has 1 atom stereocenters. The first kappa shape index (κ1) is 20.2. The maximum absolute atomic E-state index is 12.8. The number of aromatic nitrogens is 1. The largest absolute Gasteiger partial charge is 0.497 e. The predicted octanol–water partition coefficient (Wildman–Crippen LogP) is 2.51. The van der Waals surface area contributed by atoms with E-state index >= 15 is 0 Å². The molecule has 1 fully saturated rings. The van der Waals surface area contributed by atoms with Gasteiger partial charge in [0.1, 0.15) is 11.6 Å². The smallest absolute Gasteiger partial charge is 0.131 e. The minimum atomic E-state index is -1.05. The van der Waals surface area contributed by atoms with Crippen LogP contribution < -0.4 is 20.7 Å². The van der Waals surface area contributed by atoms with Crippen molar-refractivity contribution in [1.82, 2.24) is 4.98 Å². The summed E-state index contributed by atoms with van der Waals surface area (Å²) in [5, 5.41) is 4.57. The van der Waals surface area contributed by atoms with Crippen molar-refractivity contribution in [2.75, 3.05) is 49.4 Å². The van der Waals surface area contributed by atoms with Gasteiger partial charge in [0.05, 0.1) is 42.2 Å². The second-order valence-electron chi connectivity index (χ2n) is 8.20. The molecule has 1 aromatic heterocycles. The summed E-state index contributed by atoms with van der Waals surface area (Å²) >= 11 is 0. The SMILES string of the molecule is COc1ccc2c(c1)CN(c1cc(NCC3(N)COC3)c3ccccc3n1)CCS2=O. The maximum Gasteiger partial charge on any atom is 0.131 e. The van der Waals surface area contributed by atoms with Crippen LogP contribution in [0.4, 0.5) is 11.5 Å². The second-order valence-corrected chi connectivity index (χ2v) is 9.74. The van der Waals surface area contributed by atoms with Gasteiger partial charge in [-0.05, 0) is 29.8 Å². The van der Waals surface area contributed by atoms with Crippen LogP contribution in [0.5, 0.6) is 5.75 Å². The van der Waals surface area contributed by atoms with Gasteiger partial charge in [-0.25, -0.2) is 4.98 Å². The molecular formula is C23H26N4O3S. The van der Waals surface area contributed by atoms with Crippen LogP contribution in [0.1, 0.15) is 5.56 Å². The Morgan fingerprint density at radius 2 is 2.10 bits per heavy atom. The Kier molecular flexibility index (Phi) is 5.29. The molecule has 0 aliphatic carbocycles. The van der Waals surface area contributed by atoms with Crippen molar-refractivity contribution in [3.05, 3.63) is 54.1 Å². The van der Waals surface area contributed by atoms with Crippen LogP contribution in [-0.2, 0) is 22.1 Å². The summed E-state index contributed by atoms with van der Waals surface area (Å²) in [6.07, 6.45) is 0. The zero-order chi connectivity index (χ0) is 21.4. The molecule has 3 aromatic rings. The summed E-state index contributed by atoms with van der Waals surface area (Å²) in [6.45, 7) is 3.03. The van der Waals surface area contributed by atoms with E-state index in [1.165, 1.54) is 0 Å². The average Bonchev–Trinajstić information content (AvgIpc) is 2.94. The van der Waals surface area contributed by atoms with E-state index in [1.807, 2.05) is 36.4 Å². The molecule has 0 saturated carbocycles. The molecule has 0 bridgehead atoms. The molecular weight excluding hydrogens is 412 g/mol. The normalized spacial score (nSPS) is 19.9. The van der Waals surface area contributed by atoms with Crippen molar-refractivity contribution in [3.63, 3.8) is 0 Å². The monoisotopic (exact) mass is 438 g/mol. The molecule has 0 spiro atoms. The molecule has 2 aliphatic heterocycles. The number of anilines is 2. The molecule has 7 nitrogen and oxygen atoms in total. The van der Waals surface area contributed by atoms with Gasteiger partial charge in [0.25, 0.3) is 0 Å². The second kappa shape index (κ2) is 8.11. The van der Waals surface area contributed by atoms with Gasteiger partial charge in [0.2, 0.25) is 0 Å². The van der Waals surface area contributed by atoms with E-state index in [2.05, 4.69) is 22.3 Å². The molecule has 3 heterocycles. The molecule has 2 aromatic carbocycles. The van der Waals surface area contributed by atoms with Gasteiger partial charge in [0.15, 0.2) is 0 Å². The first-order valence-corrected chi connectivity index (χ1v) is 11.7. The fraction of sp³-hybridized carbons (Fsp3) is 0.348. The van der Waals surface area contributed by atoms with Crippen LogP contribution >= 0.6 is 0 Å². The van der Waals surface area contributed by atoms with E-state index in [0.717, 1.165) is 38.6 Å². The topological polar surface area (TPSA) is 89.7 Å². The molecule has 1 unspecified atom stereocenters. The number of fused-ring (bicyclic) bond motifs is 2. The van der Waals surface area contributed by atoms with E-state index in [4.69, 9.17) is 20.2 Å². The number of nitrogens with zero attached hydrogens (tertiary/aromatic N) is 2. The molecule has 8 heteroatoms. The van der Waals surface area contributed by atoms with Crippen molar-refractivity contribution in [2.24, 2.45) is 5.73 Å². The quantitative estimate of drug-likeness (QED) is 0.633. The zero-order valence-corrected chi connectivity index (χ0v) is 18.3. The number of ether oxygens (including phenoxy) is 2. The van der Waals surface area contributed by atoms with Crippen LogP contribution in [0.25, 0.3) is 10.9 Å². The molecule has 0 radical (unpaired) electrons. The standard InChI is InChI=1S/C23H26N4O3S/c1-29-17-6-7-21-16(10-17)12-27(8-9-31(21)28)22-11-20(25-13-23(24)14-30-15-23)18-4-2-3-5-19(18)26-22/h2-7,10-11H,8-9,12-15,24H2,1H3,(H,25,26). The lowest BCUT2D eigenvalue weighted by Gasteiger charge is -2.38. The fourth-order valence-electron chi connectivity index (χ4n) is 4.02. The minimum absolute atomic E-state index is 0.334. The number of nitrogens with one attached hydrogen (secondary N) is 1. The molecule has 162 valence electrons. The first-order valence-electron chi connectivity index (χ1n) is 10.4. The lowest BCUT2D eigenvalue weighted by Crippen LogP contribution is -2.61. The highest BCUT2D eigenvalue weighted by Gasteiger charge is 2.34. The number of methoxy groups -OCH3 is 1. The molecule has 2 aliphatic rings. The number of benzene rings is 2. The summed E-state index contributed by atoms with van der Waals surface area (Å²) < 4.78 is 23.5. The Bertz CT molecular complexity index is 1150. The van der Waals surface area contributed by atoms with E-state index in [9.17, 15) is 4.21 Å². The third-order valence-electron chi connectivity index (χ3n) is 5.86. The summed E-state index contributed by atoms with van der Waals surface area (Å²) in [5.74, 6) is 2.17. The minimum Gasteiger partial charge on any atom is -0.497 e. The third-order valence-corrected chi connectivity index (χ3v) is 7.30. The zero-order valence-electron chi connectivity index (χ0n) is 17.5. The number of rotatable bonds is 5. The van der Waals surface area contributed by atoms with Crippen LogP contribution in [0.2, 0.25) is 0 Å². The van der Waals surface area contributed by atoms with Gasteiger partial charge in [0, 0.05) is 47.4 Å². The summed E-state index contributed by atoms with van der Waals surface area (Å²) in [4.78, 5) is 7.98. The van der Waals surface area contributed by atoms with Gasteiger partial charge in [-0.3, -0.25) is 4.21 Å². The number of hydrogen-bond donors (Lipinski definition) is 2. The van der Waals surface area contributed by atoms with Gasteiger partial charge >= 0.3 is 0 Å². The number of hydrogen-bond acceptors (Lipinski definition) is 7. The Morgan fingerprint density at radius 3 is 2.87 bits per heavy atom. The van der Waals surface area contributed by atoms with E-state index < -0.39 is 10.8 Å². The Hall–Kier alpha value is -2.68. The Balaban J connectivity index is 1.50. The summed E-state index contributed by atoms with van der Waals surface area (Å²) in [7, 11) is 0.597. The van der Waals surface area contributed by atoms with Crippen LogP contribution in [0, 0.1) is 0 Å². The van der Waals surface area contributed by atoms with Crippen molar-refractivity contribution in [2.45, 2.75) is 17.0 Å². The van der Waals surface area contributed by atoms with Crippen molar-refractivity contribution < 1.29 is 13.7 Å². The molecule has 3 N–H and O–H groups in total. The van der Waals surface area contributed by atoms with Crippen molar-refractivity contribution in [3.8, 4) is 5.75 Å². The van der Waals surface area contributed by atoms with Crippen molar-refractivity contribution in [1.29, 1.82) is 0 Å². The predicted molar refractivity (Wildman–Crippen MR) is 123 cm³/mol. The lowest BCUT2D eigenvalue weighted by atomic mass is 9.99. The highest BCUT2D eigenvalue weighted by molar-refractivity contribution is 7.85. The third kappa shape index (κ3) is 3.98. The van der Waals surface area contributed by atoms with E-state index in [-0.39, 0.29) is 5.54 Å². The number of para-hydroxylation sites is 1. The van der Waals surface area contributed by atoms with Crippen molar-refractivity contribution >= 4 is 33.2 Å². The van der Waals surface area contributed by atoms with Gasteiger partial charge < -0.3 is 25.4 Å². The first-order chi connectivity index (χ1) is 15.0. The molecule has 1 saturated heterocycles. The van der Waals surface area contributed by atoms with Crippen LogP contribution in [0.15, 0.2) is 53.4 Å². The van der Waals surface area contributed by atoms with E-state index in [1.54, 1.807) is 7.11 Å². The highest BCUT2D eigenvalue weighted by Crippen LogP contribution is 2.31. The Morgan fingerprint density at radius 1 is 1.26 bits per heavy atom. The highest BCUT2D eigenvalue weighted by atomic mass is 32.2. The molecule has 5 rings (SSSR count). The van der Waals surface area contributed by atoms with E-state index in [0.29, 0.717) is 38.6 Å². The van der Waals surface area contributed by atoms with Gasteiger partial charge in [-0.15, -0.1) is 0 Å².